The van der Waals surface area contributed by atoms with Crippen molar-refractivity contribution in [3.05, 3.63) is 29.8 Å². The summed E-state index contributed by atoms with van der Waals surface area (Å²) in [4.78, 5) is 14.4. The summed E-state index contributed by atoms with van der Waals surface area (Å²) < 4.78 is 0. The number of halogens is 1. The first-order valence-electron chi connectivity index (χ1n) is 8.07. The average molecular weight is 326 g/mol. The van der Waals surface area contributed by atoms with E-state index in [2.05, 4.69) is 22.3 Å². The third kappa shape index (κ3) is 5.95. The smallest absolute Gasteiger partial charge is 0.241 e. The van der Waals surface area contributed by atoms with Crippen molar-refractivity contribution in [1.29, 1.82) is 0 Å². The molecule has 22 heavy (non-hydrogen) atoms. The number of hydrogen-bond acceptors (Lipinski definition) is 3. The highest BCUT2D eigenvalue weighted by Crippen LogP contribution is 2.14. The third-order valence-corrected chi connectivity index (χ3v) is 4.05. The Kier molecular flexibility index (Phi) is 8.46. The Morgan fingerprint density at radius 2 is 2.09 bits per heavy atom. The molecule has 0 saturated carbocycles. The maximum atomic E-state index is 11.9. The highest BCUT2D eigenvalue weighted by atomic mass is 35.5. The van der Waals surface area contributed by atoms with Crippen molar-refractivity contribution in [3.8, 4) is 0 Å². The highest BCUT2D eigenvalue weighted by Gasteiger charge is 2.13. The molecule has 0 bridgehead atoms. The molecule has 1 aromatic rings. The van der Waals surface area contributed by atoms with Gasteiger partial charge in [-0.3, -0.25) is 4.79 Å². The number of nitrogens with two attached hydrogens (primary N) is 1. The van der Waals surface area contributed by atoms with Crippen molar-refractivity contribution in [2.45, 2.75) is 45.1 Å². The van der Waals surface area contributed by atoms with E-state index in [4.69, 9.17) is 5.73 Å². The number of nitrogens with zero attached hydrogens (tertiary/aromatic N) is 1. The van der Waals surface area contributed by atoms with Crippen LogP contribution in [0.1, 0.15) is 38.2 Å². The second-order valence-electron chi connectivity index (χ2n) is 5.88. The summed E-state index contributed by atoms with van der Waals surface area (Å²) >= 11 is 0. The molecular weight excluding hydrogens is 298 g/mol. The molecule has 5 heteroatoms. The van der Waals surface area contributed by atoms with Gasteiger partial charge in [-0.15, -0.1) is 12.4 Å². The van der Waals surface area contributed by atoms with Crippen LogP contribution in [-0.2, 0) is 11.2 Å². The number of likely N-dealkylation sites (tertiary alicyclic amines) is 1. The minimum absolute atomic E-state index is 0. The van der Waals surface area contributed by atoms with Crippen LogP contribution >= 0.6 is 12.4 Å². The van der Waals surface area contributed by atoms with E-state index >= 15 is 0 Å². The number of hydrogen-bond donors (Lipinski definition) is 2. The van der Waals surface area contributed by atoms with Gasteiger partial charge >= 0.3 is 0 Å². The molecule has 1 atom stereocenters. The summed E-state index contributed by atoms with van der Waals surface area (Å²) in [6.07, 6.45) is 5.33. The van der Waals surface area contributed by atoms with Gasteiger partial charge in [0.15, 0.2) is 0 Å². The Morgan fingerprint density at radius 3 is 2.77 bits per heavy atom. The molecule has 0 spiro atoms. The Balaban J connectivity index is 0.00000242. The normalized spacial score (nSPS) is 16.1. The van der Waals surface area contributed by atoms with E-state index < -0.39 is 6.04 Å². The van der Waals surface area contributed by atoms with E-state index in [1.807, 2.05) is 19.1 Å². The molecule has 1 aliphatic heterocycles. The van der Waals surface area contributed by atoms with Crippen LogP contribution in [0, 0.1) is 0 Å². The molecule has 3 N–H and O–H groups in total. The molecule has 1 amide bonds. The lowest BCUT2D eigenvalue weighted by Gasteiger charge is -2.15. The van der Waals surface area contributed by atoms with Gasteiger partial charge < -0.3 is 16.0 Å². The zero-order valence-corrected chi connectivity index (χ0v) is 14.2. The number of rotatable bonds is 7. The number of carbonyl (C=O) groups is 1. The maximum Gasteiger partial charge on any atom is 0.241 e. The van der Waals surface area contributed by atoms with Crippen LogP contribution in [0.25, 0.3) is 0 Å². The predicted molar refractivity (Wildman–Crippen MR) is 94.6 cm³/mol. The van der Waals surface area contributed by atoms with E-state index in [1.165, 1.54) is 31.5 Å². The van der Waals surface area contributed by atoms with Crippen LogP contribution in [-0.4, -0.2) is 36.5 Å². The van der Waals surface area contributed by atoms with E-state index in [0.717, 1.165) is 31.5 Å². The topological polar surface area (TPSA) is 58.4 Å². The minimum atomic E-state index is -0.414. The molecule has 1 saturated heterocycles. The van der Waals surface area contributed by atoms with Gasteiger partial charge in [0.1, 0.15) is 0 Å². The van der Waals surface area contributed by atoms with Gasteiger partial charge in [0.05, 0.1) is 6.04 Å². The Labute approximate surface area is 139 Å². The van der Waals surface area contributed by atoms with Crippen LogP contribution in [0.3, 0.4) is 0 Å². The van der Waals surface area contributed by atoms with Gasteiger partial charge in [-0.2, -0.15) is 0 Å². The molecule has 1 aromatic carbocycles. The highest BCUT2D eigenvalue weighted by molar-refractivity contribution is 5.94. The minimum Gasteiger partial charge on any atom is -0.325 e. The summed E-state index contributed by atoms with van der Waals surface area (Å²) in [6.45, 7) is 5.59. The summed E-state index contributed by atoms with van der Waals surface area (Å²) in [6, 6.07) is 7.70. The molecule has 1 aliphatic rings. The zero-order valence-electron chi connectivity index (χ0n) is 13.4. The Hall–Kier alpha value is -1.10. The molecule has 1 heterocycles. The fraction of sp³-hybridized carbons (Fsp3) is 0.588. The van der Waals surface area contributed by atoms with Gasteiger partial charge in [-0.1, -0.05) is 25.5 Å². The lowest BCUT2D eigenvalue weighted by atomic mass is 10.1. The monoisotopic (exact) mass is 325 g/mol. The summed E-state index contributed by atoms with van der Waals surface area (Å²) in [5, 5.41) is 2.92. The quantitative estimate of drug-likeness (QED) is 0.810. The maximum absolute atomic E-state index is 11.9. The van der Waals surface area contributed by atoms with Crippen molar-refractivity contribution in [2.24, 2.45) is 5.73 Å². The van der Waals surface area contributed by atoms with Gasteiger partial charge in [0, 0.05) is 12.2 Å². The molecular formula is C17H28ClN3O. The SMILES string of the molecule is CCCC(N)C(=O)Nc1cccc(CCN2CCCC2)c1.Cl. The Morgan fingerprint density at radius 1 is 1.36 bits per heavy atom. The van der Waals surface area contributed by atoms with Crippen LogP contribution < -0.4 is 11.1 Å². The molecule has 1 fully saturated rings. The van der Waals surface area contributed by atoms with Crippen molar-refractivity contribution in [1.82, 2.24) is 4.90 Å². The van der Waals surface area contributed by atoms with Crippen LogP contribution in [0.4, 0.5) is 5.69 Å². The Bertz CT molecular complexity index is 461. The standard InChI is InChI=1S/C17H27N3O.ClH/c1-2-6-16(18)17(21)19-15-8-5-7-14(13-15)9-12-20-10-3-4-11-20;/h5,7-8,13,16H,2-4,6,9-12,18H2,1H3,(H,19,21);1H. The van der Waals surface area contributed by atoms with E-state index in [1.54, 1.807) is 0 Å². The number of amides is 1. The molecule has 1 unspecified atom stereocenters. The van der Waals surface area contributed by atoms with E-state index in [0.29, 0.717) is 0 Å². The van der Waals surface area contributed by atoms with Crippen LogP contribution in [0.2, 0.25) is 0 Å². The number of benzene rings is 1. The zero-order chi connectivity index (χ0) is 15.1. The predicted octanol–water partition coefficient (Wildman–Crippen LogP) is 2.81. The van der Waals surface area contributed by atoms with Gasteiger partial charge in [0.25, 0.3) is 0 Å². The largest absolute Gasteiger partial charge is 0.325 e. The third-order valence-electron chi connectivity index (χ3n) is 4.05. The molecule has 124 valence electrons. The first-order chi connectivity index (χ1) is 10.2. The number of anilines is 1. The fourth-order valence-corrected chi connectivity index (χ4v) is 2.78. The second-order valence-corrected chi connectivity index (χ2v) is 5.88. The van der Waals surface area contributed by atoms with Crippen LogP contribution in [0.5, 0.6) is 0 Å². The molecule has 4 nitrogen and oxygen atoms in total. The number of nitrogens with one attached hydrogen (secondary N) is 1. The molecule has 0 aliphatic carbocycles. The van der Waals surface area contributed by atoms with Crippen molar-refractivity contribution in [3.63, 3.8) is 0 Å². The van der Waals surface area contributed by atoms with Crippen molar-refractivity contribution in [2.75, 3.05) is 25.0 Å². The molecule has 0 radical (unpaired) electrons. The first kappa shape index (κ1) is 18.9. The van der Waals surface area contributed by atoms with E-state index in [-0.39, 0.29) is 18.3 Å². The van der Waals surface area contributed by atoms with Crippen molar-refractivity contribution >= 4 is 24.0 Å². The first-order valence-corrected chi connectivity index (χ1v) is 8.07. The average Bonchev–Trinajstić information content (AvgIpc) is 2.99. The van der Waals surface area contributed by atoms with Gasteiger partial charge in [-0.25, -0.2) is 0 Å². The van der Waals surface area contributed by atoms with Crippen molar-refractivity contribution < 1.29 is 4.79 Å². The summed E-state index contributed by atoms with van der Waals surface area (Å²) in [5.74, 6) is -0.0893. The van der Waals surface area contributed by atoms with Gasteiger partial charge in [0.2, 0.25) is 5.91 Å². The molecule has 2 rings (SSSR count). The lowest BCUT2D eigenvalue weighted by Crippen LogP contribution is -2.35. The summed E-state index contributed by atoms with van der Waals surface area (Å²) in [5.41, 5.74) is 7.96. The van der Waals surface area contributed by atoms with E-state index in [9.17, 15) is 4.79 Å². The number of carbonyl (C=O) groups excluding carboxylic acids is 1. The summed E-state index contributed by atoms with van der Waals surface area (Å²) in [7, 11) is 0. The lowest BCUT2D eigenvalue weighted by molar-refractivity contribution is -0.117. The second kappa shape index (κ2) is 9.82. The molecule has 0 aromatic heterocycles. The van der Waals surface area contributed by atoms with Gasteiger partial charge in [-0.05, 0) is 56.5 Å². The fourth-order valence-electron chi connectivity index (χ4n) is 2.78. The van der Waals surface area contributed by atoms with Crippen LogP contribution in [0.15, 0.2) is 24.3 Å².